The molecule has 0 saturated carbocycles. The summed E-state index contributed by atoms with van der Waals surface area (Å²) in [6.07, 6.45) is 4.26. The molecule has 3 aromatic heterocycles. The van der Waals surface area contributed by atoms with Crippen LogP contribution in [0.15, 0.2) is 30.6 Å². The predicted octanol–water partition coefficient (Wildman–Crippen LogP) is 1.41. The van der Waals surface area contributed by atoms with E-state index in [0.29, 0.717) is 18.9 Å². The largest absolute Gasteiger partial charge is 0.369 e. The number of nitrogens with zero attached hydrogens (tertiary/aromatic N) is 5. The van der Waals surface area contributed by atoms with Gasteiger partial charge in [0.1, 0.15) is 12.4 Å². The Labute approximate surface area is 131 Å². The van der Waals surface area contributed by atoms with Crippen LogP contribution in [-0.4, -0.2) is 34.9 Å². The van der Waals surface area contributed by atoms with Crippen molar-refractivity contribution < 1.29 is 0 Å². The molecule has 0 aliphatic carbocycles. The third-order valence-electron chi connectivity index (χ3n) is 3.60. The Hall–Kier alpha value is -3.16. The first-order valence-corrected chi connectivity index (χ1v) is 7.30. The first kappa shape index (κ1) is 13.5. The number of nitrogen functional groups attached to an aromatic ring is 1. The van der Waals surface area contributed by atoms with Crippen LogP contribution in [0.2, 0.25) is 0 Å². The van der Waals surface area contributed by atoms with Crippen molar-refractivity contribution in [2.24, 2.45) is 0 Å². The van der Waals surface area contributed by atoms with E-state index in [1.54, 1.807) is 10.9 Å². The van der Waals surface area contributed by atoms with E-state index in [-0.39, 0.29) is 0 Å². The summed E-state index contributed by atoms with van der Waals surface area (Å²) in [7, 11) is 0. The quantitative estimate of drug-likeness (QED) is 0.527. The molecule has 23 heavy (non-hydrogen) atoms. The third kappa shape index (κ3) is 2.78. The van der Waals surface area contributed by atoms with Gasteiger partial charge >= 0.3 is 0 Å². The maximum atomic E-state index is 5.57. The van der Waals surface area contributed by atoms with Crippen molar-refractivity contribution in [3.63, 3.8) is 0 Å². The fourth-order valence-corrected chi connectivity index (χ4v) is 2.55. The molecule has 0 saturated heterocycles. The van der Waals surface area contributed by atoms with Crippen molar-refractivity contribution in [1.82, 2.24) is 34.9 Å². The van der Waals surface area contributed by atoms with E-state index in [2.05, 4.69) is 49.3 Å². The molecule has 4 rings (SSSR count). The van der Waals surface area contributed by atoms with Crippen molar-refractivity contribution in [3.05, 3.63) is 53.4 Å². The fraction of sp³-hybridized carbons (Fsp3) is 0.200. The topological polar surface area (TPSA) is 114 Å². The highest BCUT2D eigenvalue weighted by atomic mass is 15.4. The minimum Gasteiger partial charge on any atom is -0.369 e. The summed E-state index contributed by atoms with van der Waals surface area (Å²) in [6, 6.07) is 6.16. The number of aromatic nitrogens is 7. The second-order valence-corrected chi connectivity index (χ2v) is 5.57. The molecule has 4 aromatic rings. The van der Waals surface area contributed by atoms with Crippen LogP contribution < -0.4 is 5.73 Å². The number of hydrogen-bond donors (Lipinski definition) is 3. The van der Waals surface area contributed by atoms with E-state index in [1.165, 1.54) is 5.56 Å². The zero-order valence-corrected chi connectivity index (χ0v) is 12.6. The number of aryl methyl sites for hydroxylation is 1. The van der Waals surface area contributed by atoms with Crippen molar-refractivity contribution in [3.8, 4) is 0 Å². The van der Waals surface area contributed by atoms with Crippen LogP contribution in [0.4, 0.5) is 5.95 Å². The maximum absolute atomic E-state index is 5.57. The van der Waals surface area contributed by atoms with Crippen LogP contribution >= 0.6 is 0 Å². The predicted molar refractivity (Wildman–Crippen MR) is 85.8 cm³/mol. The van der Waals surface area contributed by atoms with Crippen LogP contribution in [0.1, 0.15) is 22.8 Å². The third-order valence-corrected chi connectivity index (χ3v) is 3.60. The number of imidazole rings is 2. The van der Waals surface area contributed by atoms with Crippen LogP contribution in [0, 0.1) is 6.92 Å². The number of nitrogens with one attached hydrogen (secondary N) is 2. The van der Waals surface area contributed by atoms with E-state index in [4.69, 9.17) is 5.73 Å². The van der Waals surface area contributed by atoms with E-state index in [9.17, 15) is 0 Å². The van der Waals surface area contributed by atoms with E-state index < -0.39 is 0 Å². The molecular formula is C15H16N8. The fourth-order valence-electron chi connectivity index (χ4n) is 2.55. The van der Waals surface area contributed by atoms with Gasteiger partial charge in [0.25, 0.3) is 0 Å². The number of rotatable bonds is 4. The molecule has 0 spiro atoms. The summed E-state index contributed by atoms with van der Waals surface area (Å²) in [5, 5.41) is 8.30. The van der Waals surface area contributed by atoms with Crippen molar-refractivity contribution in [2.75, 3.05) is 5.73 Å². The van der Waals surface area contributed by atoms with Gasteiger partial charge in [0, 0.05) is 18.8 Å². The first-order chi connectivity index (χ1) is 11.2. The van der Waals surface area contributed by atoms with E-state index in [1.807, 2.05) is 12.3 Å². The smallest absolute Gasteiger partial charge is 0.197 e. The van der Waals surface area contributed by atoms with Crippen LogP contribution in [0.5, 0.6) is 0 Å². The van der Waals surface area contributed by atoms with Gasteiger partial charge in [0.05, 0.1) is 22.4 Å². The van der Waals surface area contributed by atoms with Gasteiger partial charge in [0.15, 0.2) is 5.95 Å². The summed E-state index contributed by atoms with van der Waals surface area (Å²) in [6.45, 7) is 2.60. The summed E-state index contributed by atoms with van der Waals surface area (Å²) < 4.78 is 1.76. The lowest BCUT2D eigenvalue weighted by atomic mass is 10.2. The summed E-state index contributed by atoms with van der Waals surface area (Å²) in [5.74, 6) is 1.26. The van der Waals surface area contributed by atoms with Crippen LogP contribution in [-0.2, 0) is 13.0 Å². The van der Waals surface area contributed by atoms with Gasteiger partial charge in [-0.3, -0.25) is 0 Å². The number of hydrogen-bond acceptors (Lipinski definition) is 5. The molecular weight excluding hydrogens is 292 g/mol. The van der Waals surface area contributed by atoms with Crippen LogP contribution in [0.3, 0.4) is 0 Å². The summed E-state index contributed by atoms with van der Waals surface area (Å²) in [5.41, 5.74) is 10.4. The average molecular weight is 308 g/mol. The van der Waals surface area contributed by atoms with E-state index >= 15 is 0 Å². The second kappa shape index (κ2) is 5.24. The maximum Gasteiger partial charge on any atom is 0.197 e. The van der Waals surface area contributed by atoms with Gasteiger partial charge < -0.3 is 15.7 Å². The SMILES string of the molecule is Cc1ccc2[nH]c(Cn3cc(Cc4c[nH]c(N)n4)nn3)nc2c1. The first-order valence-electron chi connectivity index (χ1n) is 7.30. The molecule has 116 valence electrons. The normalized spacial score (nSPS) is 11.3. The Morgan fingerprint density at radius 1 is 1.22 bits per heavy atom. The van der Waals surface area contributed by atoms with Crippen molar-refractivity contribution >= 4 is 17.0 Å². The number of fused-ring (bicyclic) bond motifs is 1. The lowest BCUT2D eigenvalue weighted by Crippen LogP contribution is -2.02. The van der Waals surface area contributed by atoms with Gasteiger partial charge in [0.2, 0.25) is 0 Å². The Kier molecular flexibility index (Phi) is 3.07. The number of H-pyrrole nitrogens is 2. The number of nitrogens with two attached hydrogens (primary N) is 1. The van der Waals surface area contributed by atoms with Crippen LogP contribution in [0.25, 0.3) is 11.0 Å². The van der Waals surface area contributed by atoms with Gasteiger partial charge in [-0.1, -0.05) is 11.3 Å². The molecule has 0 fully saturated rings. The molecule has 3 heterocycles. The molecule has 4 N–H and O–H groups in total. The van der Waals surface area contributed by atoms with E-state index in [0.717, 1.165) is 28.2 Å². The van der Waals surface area contributed by atoms with Crippen molar-refractivity contribution in [2.45, 2.75) is 19.9 Å². The number of benzene rings is 1. The minimum atomic E-state index is 0.407. The zero-order chi connectivity index (χ0) is 15.8. The lowest BCUT2D eigenvalue weighted by molar-refractivity contribution is 0.630. The Balaban J connectivity index is 1.52. The van der Waals surface area contributed by atoms with Crippen molar-refractivity contribution in [1.29, 1.82) is 0 Å². The Bertz CT molecular complexity index is 961. The average Bonchev–Trinajstić information content (AvgIpc) is 3.20. The van der Waals surface area contributed by atoms with Gasteiger partial charge in [-0.15, -0.1) is 5.10 Å². The molecule has 0 aliphatic heterocycles. The molecule has 0 unspecified atom stereocenters. The minimum absolute atomic E-state index is 0.407. The van der Waals surface area contributed by atoms with Gasteiger partial charge in [-0.25, -0.2) is 14.6 Å². The molecule has 8 heteroatoms. The second-order valence-electron chi connectivity index (χ2n) is 5.57. The molecule has 8 nitrogen and oxygen atoms in total. The summed E-state index contributed by atoms with van der Waals surface area (Å²) in [4.78, 5) is 14.9. The Morgan fingerprint density at radius 3 is 2.96 bits per heavy atom. The highest BCUT2D eigenvalue weighted by Crippen LogP contribution is 2.14. The molecule has 0 aliphatic rings. The zero-order valence-electron chi connectivity index (χ0n) is 12.6. The number of aromatic amines is 2. The number of anilines is 1. The molecule has 0 atom stereocenters. The standard InChI is InChI=1S/C15H16N8/c1-9-2-3-12-13(4-9)20-14(19-12)8-23-7-11(21-22-23)5-10-6-17-15(16)18-10/h2-4,6-7H,5,8H2,1H3,(H,19,20)(H3,16,17,18). The molecule has 1 aromatic carbocycles. The molecule has 0 radical (unpaired) electrons. The van der Waals surface area contributed by atoms with Gasteiger partial charge in [-0.05, 0) is 24.6 Å². The molecule has 0 bridgehead atoms. The monoisotopic (exact) mass is 308 g/mol. The lowest BCUT2D eigenvalue weighted by Gasteiger charge is -1.94. The summed E-state index contributed by atoms with van der Waals surface area (Å²) >= 11 is 0. The Morgan fingerprint density at radius 2 is 2.13 bits per heavy atom. The highest BCUT2D eigenvalue weighted by Gasteiger charge is 2.08. The highest BCUT2D eigenvalue weighted by molar-refractivity contribution is 5.75. The molecule has 0 amide bonds. The van der Waals surface area contributed by atoms with Gasteiger partial charge in [-0.2, -0.15) is 0 Å².